The first-order chi connectivity index (χ1) is 13.4. The van der Waals surface area contributed by atoms with E-state index >= 15 is 0 Å². The largest absolute Gasteiger partial charge is 0.453 e. The number of hydrogen-bond acceptors (Lipinski definition) is 6. The smallest absolute Gasteiger partial charge is 0.306 e. The zero-order chi connectivity index (χ0) is 20.1. The molecular formula is C21H20N2O4S. The Morgan fingerprint density at radius 1 is 1.14 bits per heavy atom. The van der Waals surface area contributed by atoms with Crippen LogP contribution < -0.4 is 5.32 Å². The molecule has 0 saturated heterocycles. The van der Waals surface area contributed by atoms with Crippen LogP contribution in [0.3, 0.4) is 0 Å². The van der Waals surface area contributed by atoms with E-state index in [1.165, 1.54) is 13.8 Å². The molecule has 0 spiro atoms. The number of Topliss-reactive ketones (excluding diaryl/α,β-unsaturated/α-hetero) is 1. The van der Waals surface area contributed by atoms with Crippen molar-refractivity contribution in [1.29, 1.82) is 0 Å². The highest BCUT2D eigenvalue weighted by molar-refractivity contribution is 7.18. The van der Waals surface area contributed by atoms with Crippen LogP contribution in [0.1, 0.15) is 35.6 Å². The number of amides is 1. The molecule has 0 fully saturated rings. The Balaban J connectivity index is 1.51. The maximum Gasteiger partial charge on any atom is 0.306 e. The molecule has 0 aliphatic carbocycles. The van der Waals surface area contributed by atoms with Crippen molar-refractivity contribution in [1.82, 2.24) is 4.98 Å². The normalized spacial score (nSPS) is 11.8. The van der Waals surface area contributed by atoms with Crippen LogP contribution in [0.25, 0.3) is 10.2 Å². The van der Waals surface area contributed by atoms with Gasteiger partial charge in [-0.3, -0.25) is 14.4 Å². The van der Waals surface area contributed by atoms with Gasteiger partial charge in [0.2, 0.25) is 0 Å². The number of aryl methyl sites for hydroxylation is 1. The highest BCUT2D eigenvalue weighted by Gasteiger charge is 2.18. The molecule has 1 N–H and O–H groups in total. The molecule has 0 aliphatic heterocycles. The van der Waals surface area contributed by atoms with Crippen molar-refractivity contribution in [2.24, 2.45) is 0 Å². The second-order valence-electron chi connectivity index (χ2n) is 6.33. The van der Waals surface area contributed by atoms with Gasteiger partial charge in [-0.15, -0.1) is 11.3 Å². The Kier molecular flexibility index (Phi) is 6.16. The number of hydrogen-bond donors (Lipinski definition) is 1. The molecule has 3 rings (SSSR count). The first-order valence-corrected chi connectivity index (χ1v) is 9.70. The van der Waals surface area contributed by atoms with E-state index in [1.54, 1.807) is 35.6 Å². The third kappa shape index (κ3) is 5.01. The lowest BCUT2D eigenvalue weighted by atomic mass is 10.1. The summed E-state index contributed by atoms with van der Waals surface area (Å²) in [6.07, 6.45) is -0.325. The summed E-state index contributed by atoms with van der Waals surface area (Å²) in [5.41, 5.74) is 1.89. The van der Waals surface area contributed by atoms with E-state index < -0.39 is 18.0 Å². The minimum atomic E-state index is -0.941. The molecule has 2 aromatic carbocycles. The summed E-state index contributed by atoms with van der Waals surface area (Å²) in [6.45, 7) is 2.97. The van der Waals surface area contributed by atoms with E-state index in [9.17, 15) is 14.4 Å². The van der Waals surface area contributed by atoms with Gasteiger partial charge in [-0.2, -0.15) is 0 Å². The summed E-state index contributed by atoms with van der Waals surface area (Å²) in [6, 6.07) is 14.4. The van der Waals surface area contributed by atoms with Gasteiger partial charge >= 0.3 is 5.97 Å². The van der Waals surface area contributed by atoms with Crippen molar-refractivity contribution in [2.45, 2.75) is 32.8 Å². The summed E-state index contributed by atoms with van der Waals surface area (Å²) in [5, 5.41) is 3.51. The summed E-state index contributed by atoms with van der Waals surface area (Å²) >= 11 is 1.54. The minimum absolute atomic E-state index is 0.0922. The Bertz CT molecular complexity index is 995. The molecule has 1 amide bonds. The molecule has 0 aliphatic rings. The van der Waals surface area contributed by atoms with Crippen molar-refractivity contribution < 1.29 is 19.1 Å². The number of nitrogens with one attached hydrogen (secondary N) is 1. The van der Waals surface area contributed by atoms with E-state index in [4.69, 9.17) is 4.74 Å². The van der Waals surface area contributed by atoms with Crippen LogP contribution in [-0.2, 0) is 20.7 Å². The summed E-state index contributed by atoms with van der Waals surface area (Å²) in [7, 11) is 0. The fourth-order valence-electron chi connectivity index (χ4n) is 2.61. The number of thiazole rings is 1. The second-order valence-corrected chi connectivity index (χ2v) is 7.45. The van der Waals surface area contributed by atoms with Gasteiger partial charge in [-0.05, 0) is 38.1 Å². The van der Waals surface area contributed by atoms with Crippen molar-refractivity contribution in [2.75, 3.05) is 5.32 Å². The maximum absolute atomic E-state index is 12.2. The molecule has 0 unspecified atom stereocenters. The van der Waals surface area contributed by atoms with Gasteiger partial charge < -0.3 is 10.1 Å². The summed E-state index contributed by atoms with van der Waals surface area (Å²) < 4.78 is 6.29. The Morgan fingerprint density at radius 3 is 2.68 bits per heavy atom. The quantitative estimate of drug-likeness (QED) is 0.482. The van der Waals surface area contributed by atoms with E-state index in [1.807, 2.05) is 24.3 Å². The number of benzene rings is 2. The van der Waals surface area contributed by atoms with E-state index in [0.29, 0.717) is 17.7 Å². The average Bonchev–Trinajstić information content (AvgIpc) is 3.09. The Hall–Kier alpha value is -3.06. The van der Waals surface area contributed by atoms with Gasteiger partial charge in [-0.25, -0.2) is 4.98 Å². The van der Waals surface area contributed by atoms with Crippen LogP contribution in [0.2, 0.25) is 0 Å². The van der Waals surface area contributed by atoms with Crippen LogP contribution in [0.5, 0.6) is 0 Å². The zero-order valence-electron chi connectivity index (χ0n) is 15.6. The molecule has 0 radical (unpaired) electrons. The molecular weight excluding hydrogens is 376 g/mol. The van der Waals surface area contributed by atoms with Crippen molar-refractivity contribution >= 4 is 44.9 Å². The minimum Gasteiger partial charge on any atom is -0.453 e. The van der Waals surface area contributed by atoms with Crippen molar-refractivity contribution in [3.63, 3.8) is 0 Å². The van der Waals surface area contributed by atoms with Gasteiger partial charge in [0.25, 0.3) is 5.91 Å². The maximum atomic E-state index is 12.2. The lowest BCUT2D eigenvalue weighted by molar-refractivity contribution is -0.153. The number of aromatic nitrogens is 1. The average molecular weight is 396 g/mol. The number of ketones is 1. The number of carbonyl (C=O) groups excluding carboxylic acids is 3. The van der Waals surface area contributed by atoms with Gasteiger partial charge in [0.05, 0.1) is 21.6 Å². The number of anilines is 1. The number of rotatable bonds is 7. The second kappa shape index (κ2) is 8.75. The highest BCUT2D eigenvalue weighted by atomic mass is 32.1. The molecule has 28 heavy (non-hydrogen) atoms. The number of para-hydroxylation sites is 1. The number of esters is 1. The van der Waals surface area contributed by atoms with Gasteiger partial charge in [0, 0.05) is 17.7 Å². The lowest BCUT2D eigenvalue weighted by Crippen LogP contribution is -2.30. The Morgan fingerprint density at radius 2 is 1.93 bits per heavy atom. The topological polar surface area (TPSA) is 85.4 Å². The predicted molar refractivity (Wildman–Crippen MR) is 109 cm³/mol. The zero-order valence-corrected chi connectivity index (χ0v) is 16.4. The van der Waals surface area contributed by atoms with Crippen molar-refractivity contribution in [3.8, 4) is 0 Å². The van der Waals surface area contributed by atoms with Crippen LogP contribution in [0, 0.1) is 0 Å². The molecule has 0 saturated carbocycles. The molecule has 144 valence electrons. The Labute approximate surface area is 166 Å². The van der Waals surface area contributed by atoms with Gasteiger partial charge in [0.15, 0.2) is 11.9 Å². The fraction of sp³-hybridized carbons (Fsp3) is 0.238. The van der Waals surface area contributed by atoms with Crippen LogP contribution in [-0.4, -0.2) is 28.7 Å². The van der Waals surface area contributed by atoms with E-state index in [2.05, 4.69) is 10.3 Å². The molecule has 0 bridgehead atoms. The molecule has 1 aromatic heterocycles. The monoisotopic (exact) mass is 396 g/mol. The number of carbonyl (C=O) groups is 3. The van der Waals surface area contributed by atoms with E-state index in [-0.39, 0.29) is 12.2 Å². The molecule has 3 aromatic rings. The molecule has 1 atom stereocenters. The molecule has 6 nitrogen and oxygen atoms in total. The van der Waals surface area contributed by atoms with Crippen molar-refractivity contribution in [3.05, 3.63) is 59.1 Å². The number of nitrogens with zero attached hydrogens (tertiary/aromatic N) is 1. The lowest BCUT2D eigenvalue weighted by Gasteiger charge is -2.13. The van der Waals surface area contributed by atoms with Crippen LogP contribution >= 0.6 is 11.3 Å². The standard InChI is InChI=1S/C21H20N2O4S/c1-13(24)15-6-5-7-16(12-15)22-21(26)14(2)27-20(25)11-10-19-23-17-8-3-4-9-18(17)28-19/h3-9,12,14H,10-11H2,1-2H3,(H,22,26)/t14-/m0/s1. The predicted octanol–water partition coefficient (Wildman–Crippen LogP) is 4.00. The first kappa shape index (κ1) is 19.7. The highest BCUT2D eigenvalue weighted by Crippen LogP contribution is 2.22. The van der Waals surface area contributed by atoms with E-state index in [0.717, 1.165) is 15.2 Å². The summed E-state index contributed by atoms with van der Waals surface area (Å²) in [4.78, 5) is 40.2. The number of ether oxygens (including phenoxy) is 1. The molecule has 1 heterocycles. The van der Waals surface area contributed by atoms with Crippen LogP contribution in [0.4, 0.5) is 5.69 Å². The SMILES string of the molecule is CC(=O)c1cccc(NC(=O)[C@H](C)OC(=O)CCc2nc3ccccc3s2)c1. The third-order valence-corrected chi connectivity index (χ3v) is 5.19. The number of fused-ring (bicyclic) bond motifs is 1. The third-order valence-electron chi connectivity index (χ3n) is 4.10. The van der Waals surface area contributed by atoms with Gasteiger partial charge in [-0.1, -0.05) is 24.3 Å². The summed E-state index contributed by atoms with van der Waals surface area (Å²) in [5.74, 6) is -1.00. The molecule has 7 heteroatoms. The fourth-order valence-corrected chi connectivity index (χ4v) is 3.57. The first-order valence-electron chi connectivity index (χ1n) is 8.88. The van der Waals surface area contributed by atoms with Gasteiger partial charge in [0.1, 0.15) is 0 Å². The van der Waals surface area contributed by atoms with Crippen LogP contribution in [0.15, 0.2) is 48.5 Å².